The van der Waals surface area contributed by atoms with Crippen LogP contribution in [0.25, 0.3) is 6.08 Å². The topological polar surface area (TPSA) is 55.8 Å². The second-order valence-corrected chi connectivity index (χ2v) is 8.74. The molecule has 0 amide bonds. The van der Waals surface area contributed by atoms with Gasteiger partial charge in [-0.3, -0.25) is 4.79 Å². The molecule has 0 aromatic carbocycles. The average molecular weight is 354 g/mol. The fourth-order valence-corrected chi connectivity index (χ4v) is 3.42. The molecule has 1 aliphatic rings. The molecule has 1 N–H and O–H groups in total. The van der Waals surface area contributed by atoms with Crippen molar-refractivity contribution in [1.29, 1.82) is 0 Å². The van der Waals surface area contributed by atoms with E-state index < -0.39 is 18.3 Å². The van der Waals surface area contributed by atoms with E-state index in [2.05, 4.69) is 0 Å². The molecule has 23 heavy (non-hydrogen) atoms. The maximum Gasteiger partial charge on any atom is 0.491 e. The molecule has 7 heteroatoms. The molecule has 126 valence electrons. The van der Waals surface area contributed by atoms with Crippen LogP contribution in [0.4, 0.5) is 0 Å². The lowest BCUT2D eigenvalue weighted by Gasteiger charge is -2.32. The van der Waals surface area contributed by atoms with E-state index in [4.69, 9.17) is 9.31 Å². The third-order valence-corrected chi connectivity index (χ3v) is 6.00. The van der Waals surface area contributed by atoms with Gasteiger partial charge in [0, 0.05) is 17.6 Å². The van der Waals surface area contributed by atoms with Crippen LogP contribution in [0, 0.1) is 0 Å². The minimum Gasteiger partial charge on any atom is -0.400 e. The molecule has 0 bridgehead atoms. The number of rotatable bonds is 5. The van der Waals surface area contributed by atoms with Crippen LogP contribution in [-0.4, -0.2) is 34.3 Å². The molecule has 1 saturated heterocycles. The van der Waals surface area contributed by atoms with Gasteiger partial charge in [-0.2, -0.15) is 0 Å². The average Bonchev–Trinajstić information content (AvgIpc) is 2.97. The molecule has 1 aliphatic heterocycles. The third-order valence-electron chi connectivity index (χ3n) is 4.18. The van der Waals surface area contributed by atoms with E-state index >= 15 is 0 Å². The summed E-state index contributed by atoms with van der Waals surface area (Å²) in [6, 6.07) is 1.94. The lowest BCUT2D eigenvalue weighted by atomic mass is 9.78. The molecule has 0 spiro atoms. The number of aliphatic hydroxyl groups is 1. The summed E-state index contributed by atoms with van der Waals surface area (Å²) >= 11 is 2.75. The molecular weight excluding hydrogens is 331 g/mol. The van der Waals surface area contributed by atoms with Crippen LogP contribution in [0.3, 0.4) is 0 Å². The Balaban J connectivity index is 2.26. The van der Waals surface area contributed by atoms with Crippen molar-refractivity contribution in [2.75, 3.05) is 5.75 Å². The Morgan fingerprint density at radius 2 is 1.96 bits per heavy atom. The van der Waals surface area contributed by atoms with Crippen LogP contribution in [-0.2, 0) is 20.7 Å². The molecule has 0 radical (unpaired) electrons. The molecule has 1 fully saturated rings. The fraction of sp³-hybridized carbons (Fsp3) is 0.562. The maximum absolute atomic E-state index is 11.3. The first kappa shape index (κ1) is 18.7. The Bertz CT molecular complexity index is 591. The van der Waals surface area contributed by atoms with Gasteiger partial charge < -0.3 is 14.4 Å². The number of aliphatic hydroxyl groups excluding tert-OH is 1. The summed E-state index contributed by atoms with van der Waals surface area (Å²) < 4.78 is 12.2. The van der Waals surface area contributed by atoms with Gasteiger partial charge in [0.2, 0.25) is 0 Å². The molecule has 0 atom stereocenters. The Kier molecular flexibility index (Phi) is 5.79. The lowest BCUT2D eigenvalue weighted by molar-refractivity contribution is -0.109. The second-order valence-electron chi connectivity index (χ2n) is 6.59. The Morgan fingerprint density at radius 3 is 2.43 bits per heavy atom. The van der Waals surface area contributed by atoms with Gasteiger partial charge in [-0.05, 0) is 50.2 Å². The van der Waals surface area contributed by atoms with Gasteiger partial charge in [0.1, 0.15) is 0 Å². The van der Waals surface area contributed by atoms with Crippen molar-refractivity contribution >= 4 is 41.4 Å². The number of hydrogen-bond donors (Lipinski definition) is 1. The highest BCUT2D eigenvalue weighted by Crippen LogP contribution is 2.39. The maximum atomic E-state index is 11.3. The number of thiophene rings is 1. The van der Waals surface area contributed by atoms with E-state index in [-0.39, 0.29) is 11.7 Å². The molecule has 2 rings (SSSR count). The molecular formula is C16H23BO4S2. The van der Waals surface area contributed by atoms with Crippen LogP contribution >= 0.6 is 23.1 Å². The zero-order chi connectivity index (χ0) is 17.3. The normalized spacial score (nSPS) is 20.1. The molecule has 4 nitrogen and oxygen atoms in total. The summed E-state index contributed by atoms with van der Waals surface area (Å²) in [5.74, 6) is 0.524. The van der Waals surface area contributed by atoms with Gasteiger partial charge in [-0.15, -0.1) is 11.3 Å². The quantitative estimate of drug-likeness (QED) is 0.820. The molecule has 0 saturated carbocycles. The van der Waals surface area contributed by atoms with Gasteiger partial charge in [0.05, 0.1) is 17.8 Å². The van der Waals surface area contributed by atoms with Crippen molar-refractivity contribution in [3.8, 4) is 0 Å². The first-order valence-corrected chi connectivity index (χ1v) is 9.39. The SMILES string of the molecule is CC(=O)SCC(=Cc1csc(CO)c1)B1OC(C)(C)C(C)(C)O1. The van der Waals surface area contributed by atoms with E-state index in [1.807, 2.05) is 45.2 Å². The Labute approximate surface area is 146 Å². The van der Waals surface area contributed by atoms with Gasteiger partial charge in [0.15, 0.2) is 5.12 Å². The van der Waals surface area contributed by atoms with E-state index in [0.29, 0.717) is 5.75 Å². The molecule has 2 heterocycles. The summed E-state index contributed by atoms with van der Waals surface area (Å²) in [6.07, 6.45) is 1.99. The molecule has 0 aliphatic carbocycles. The highest BCUT2D eigenvalue weighted by atomic mass is 32.2. The summed E-state index contributed by atoms with van der Waals surface area (Å²) in [5, 5.41) is 11.2. The summed E-state index contributed by atoms with van der Waals surface area (Å²) in [6.45, 7) is 9.64. The third kappa shape index (κ3) is 4.48. The van der Waals surface area contributed by atoms with Crippen LogP contribution < -0.4 is 0 Å². The van der Waals surface area contributed by atoms with E-state index in [0.717, 1.165) is 15.9 Å². The number of thioether (sulfide) groups is 1. The highest BCUT2D eigenvalue weighted by molar-refractivity contribution is 8.13. The first-order chi connectivity index (χ1) is 10.6. The molecule has 0 unspecified atom stereocenters. The predicted octanol–water partition coefficient (Wildman–Crippen LogP) is 3.53. The minimum atomic E-state index is -0.468. The minimum absolute atomic E-state index is 0.0343. The Hall–Kier alpha value is -0.595. The van der Waals surface area contributed by atoms with Gasteiger partial charge >= 0.3 is 7.12 Å². The van der Waals surface area contributed by atoms with Crippen molar-refractivity contribution in [2.45, 2.75) is 52.4 Å². The predicted molar refractivity (Wildman–Crippen MR) is 97.4 cm³/mol. The smallest absolute Gasteiger partial charge is 0.400 e. The monoisotopic (exact) mass is 354 g/mol. The number of carbonyl (C=O) groups is 1. The zero-order valence-corrected chi connectivity index (χ0v) is 15.8. The summed E-state index contributed by atoms with van der Waals surface area (Å²) in [7, 11) is -0.468. The summed E-state index contributed by atoms with van der Waals surface area (Å²) in [4.78, 5) is 12.3. The molecule has 1 aromatic heterocycles. The van der Waals surface area contributed by atoms with Crippen molar-refractivity contribution in [1.82, 2.24) is 0 Å². The highest BCUT2D eigenvalue weighted by Gasteiger charge is 2.52. The van der Waals surface area contributed by atoms with E-state index in [9.17, 15) is 9.90 Å². The van der Waals surface area contributed by atoms with Gasteiger partial charge in [-0.25, -0.2) is 0 Å². The largest absolute Gasteiger partial charge is 0.491 e. The van der Waals surface area contributed by atoms with Crippen LogP contribution in [0.1, 0.15) is 45.1 Å². The lowest BCUT2D eigenvalue weighted by Crippen LogP contribution is -2.41. The standard InChI is InChI=1S/C16H23BO4S2/c1-11(19)22-10-13(6-12-7-14(8-18)23-9-12)17-20-15(2,3)16(4,5)21-17/h6-7,9,18H,8,10H2,1-5H3. The van der Waals surface area contributed by atoms with Crippen LogP contribution in [0.15, 0.2) is 16.9 Å². The number of hydrogen-bond acceptors (Lipinski definition) is 6. The van der Waals surface area contributed by atoms with Crippen LogP contribution in [0.2, 0.25) is 0 Å². The number of carbonyl (C=O) groups excluding carboxylic acids is 1. The zero-order valence-electron chi connectivity index (χ0n) is 14.2. The van der Waals surface area contributed by atoms with Crippen molar-refractivity contribution in [3.63, 3.8) is 0 Å². The van der Waals surface area contributed by atoms with Crippen molar-refractivity contribution in [2.24, 2.45) is 0 Å². The van der Waals surface area contributed by atoms with E-state index in [1.165, 1.54) is 23.1 Å². The second kappa shape index (κ2) is 7.11. The first-order valence-electron chi connectivity index (χ1n) is 7.52. The van der Waals surface area contributed by atoms with Crippen molar-refractivity contribution in [3.05, 3.63) is 27.4 Å². The van der Waals surface area contributed by atoms with Crippen molar-refractivity contribution < 1.29 is 19.2 Å². The Morgan fingerprint density at radius 1 is 1.35 bits per heavy atom. The van der Waals surface area contributed by atoms with Crippen LogP contribution in [0.5, 0.6) is 0 Å². The van der Waals surface area contributed by atoms with Gasteiger partial charge in [-0.1, -0.05) is 17.8 Å². The molecule has 1 aromatic rings. The van der Waals surface area contributed by atoms with E-state index in [1.54, 1.807) is 6.92 Å². The van der Waals surface area contributed by atoms with Gasteiger partial charge in [0.25, 0.3) is 0 Å². The fourth-order valence-electron chi connectivity index (χ4n) is 2.13. The summed E-state index contributed by atoms with van der Waals surface area (Å²) in [5.41, 5.74) is 1.09.